The largest absolute Gasteiger partial charge is 0.458 e. The van der Waals surface area contributed by atoms with Crippen molar-refractivity contribution >= 4 is 23.0 Å². The molecule has 0 aromatic heterocycles. The van der Waals surface area contributed by atoms with E-state index in [1.807, 2.05) is 0 Å². The Hall–Kier alpha value is -2.85. The lowest BCUT2D eigenvalue weighted by molar-refractivity contribution is -0.0449. The van der Waals surface area contributed by atoms with Crippen molar-refractivity contribution in [3.63, 3.8) is 0 Å². The summed E-state index contributed by atoms with van der Waals surface area (Å²) in [6.45, 7) is 3.42. The van der Waals surface area contributed by atoms with Crippen LogP contribution in [0.4, 0.5) is 0 Å². The van der Waals surface area contributed by atoms with E-state index in [1.54, 1.807) is 66.7 Å². The summed E-state index contributed by atoms with van der Waals surface area (Å²) in [4.78, 5) is 25.1. The second-order valence-corrected chi connectivity index (χ2v) is 8.95. The first kappa shape index (κ1) is 25.8. The van der Waals surface area contributed by atoms with Crippen LogP contribution in [0.15, 0.2) is 73.3 Å². The Bertz CT molecular complexity index is 981. The summed E-state index contributed by atoms with van der Waals surface area (Å²) in [5.74, 6) is -1.93. The molecular formula is C25H28O8S. The minimum Gasteiger partial charge on any atom is -0.458 e. The Balaban J connectivity index is 1.72. The first-order valence-electron chi connectivity index (χ1n) is 10.9. The molecule has 0 aliphatic carbocycles. The van der Waals surface area contributed by atoms with Gasteiger partial charge in [-0.25, -0.2) is 13.8 Å². The van der Waals surface area contributed by atoms with Gasteiger partial charge in [-0.05, 0) is 30.7 Å². The van der Waals surface area contributed by atoms with Crippen LogP contribution in [0.1, 0.15) is 33.6 Å². The molecule has 1 aliphatic heterocycles. The Morgan fingerprint density at radius 1 is 1.03 bits per heavy atom. The Morgan fingerprint density at radius 2 is 1.62 bits per heavy atom. The molecule has 0 saturated carbocycles. The summed E-state index contributed by atoms with van der Waals surface area (Å²) in [5.41, 5.74) is 0.678. The van der Waals surface area contributed by atoms with Crippen LogP contribution in [0.3, 0.4) is 0 Å². The van der Waals surface area contributed by atoms with Crippen molar-refractivity contribution < 1.29 is 37.7 Å². The van der Waals surface area contributed by atoms with Gasteiger partial charge in [-0.15, -0.1) is 6.58 Å². The van der Waals surface area contributed by atoms with E-state index in [-0.39, 0.29) is 18.8 Å². The van der Waals surface area contributed by atoms with E-state index < -0.39 is 53.4 Å². The van der Waals surface area contributed by atoms with E-state index in [0.29, 0.717) is 17.5 Å². The Labute approximate surface area is 200 Å². The van der Waals surface area contributed by atoms with Crippen LogP contribution in [-0.2, 0) is 25.3 Å². The van der Waals surface area contributed by atoms with Gasteiger partial charge in [-0.3, -0.25) is 0 Å². The maximum Gasteiger partial charge on any atom is 0.338 e. The predicted octanol–water partition coefficient (Wildman–Crippen LogP) is 3.00. The van der Waals surface area contributed by atoms with Crippen molar-refractivity contribution in [2.24, 2.45) is 5.92 Å². The normalized spacial score (nSPS) is 23.6. The summed E-state index contributed by atoms with van der Waals surface area (Å²) in [6, 6.07) is 16.8. The zero-order chi connectivity index (χ0) is 24.5. The molecular weight excluding hydrogens is 460 g/mol. The lowest BCUT2D eigenvalue weighted by atomic mass is 9.94. The van der Waals surface area contributed by atoms with Crippen LogP contribution >= 0.6 is 0 Å². The van der Waals surface area contributed by atoms with Gasteiger partial charge in [0, 0.05) is 12.3 Å². The fourth-order valence-corrected chi connectivity index (χ4v) is 4.63. The number of ether oxygens (including phenoxy) is 3. The summed E-state index contributed by atoms with van der Waals surface area (Å²) in [5, 5.41) is 10.8. The lowest BCUT2D eigenvalue weighted by Crippen LogP contribution is -2.36. The molecule has 6 atom stereocenters. The SMILES string of the molecule is C=CC[C@@H]1O[C@H](C[C@@H](COC(=O)c2ccccc2)OC(=O)c2ccccc2)[C@H](O)[C@H]1CS(=O)O. The Morgan fingerprint density at radius 3 is 2.18 bits per heavy atom. The fourth-order valence-electron chi connectivity index (χ4n) is 3.89. The van der Waals surface area contributed by atoms with Gasteiger partial charge in [0.2, 0.25) is 0 Å². The van der Waals surface area contributed by atoms with Gasteiger partial charge in [-0.1, -0.05) is 42.5 Å². The average Bonchev–Trinajstić information content (AvgIpc) is 3.12. The first-order valence-corrected chi connectivity index (χ1v) is 12.2. The fraction of sp³-hybridized carbons (Fsp3) is 0.360. The number of hydrogen-bond donors (Lipinski definition) is 2. The van der Waals surface area contributed by atoms with Crippen LogP contribution in [0, 0.1) is 5.92 Å². The van der Waals surface area contributed by atoms with Crippen LogP contribution < -0.4 is 0 Å². The Kier molecular flexibility index (Phi) is 9.52. The smallest absolute Gasteiger partial charge is 0.338 e. The zero-order valence-electron chi connectivity index (χ0n) is 18.5. The number of esters is 2. The molecule has 1 saturated heterocycles. The van der Waals surface area contributed by atoms with Gasteiger partial charge in [0.15, 0.2) is 11.1 Å². The molecule has 0 spiro atoms. The first-order chi connectivity index (χ1) is 16.4. The van der Waals surface area contributed by atoms with Crippen LogP contribution in [-0.4, -0.2) is 62.6 Å². The highest BCUT2D eigenvalue weighted by molar-refractivity contribution is 7.79. The third-order valence-corrected chi connectivity index (χ3v) is 6.24. The zero-order valence-corrected chi connectivity index (χ0v) is 19.3. The molecule has 2 N–H and O–H groups in total. The molecule has 2 aromatic carbocycles. The number of rotatable bonds is 11. The van der Waals surface area contributed by atoms with E-state index in [4.69, 9.17) is 14.2 Å². The third kappa shape index (κ3) is 7.07. The van der Waals surface area contributed by atoms with Gasteiger partial charge in [0.25, 0.3) is 0 Å². The van der Waals surface area contributed by atoms with Gasteiger partial charge < -0.3 is 23.9 Å². The number of carbonyl (C=O) groups is 2. The van der Waals surface area contributed by atoms with E-state index in [9.17, 15) is 23.5 Å². The predicted molar refractivity (Wildman–Crippen MR) is 126 cm³/mol. The summed E-state index contributed by atoms with van der Waals surface area (Å²) < 4.78 is 37.6. The molecule has 1 heterocycles. The second-order valence-electron chi connectivity index (χ2n) is 7.97. The minimum atomic E-state index is -2.12. The average molecular weight is 489 g/mol. The number of benzene rings is 2. The molecule has 8 nitrogen and oxygen atoms in total. The quantitative estimate of drug-likeness (QED) is 0.281. The molecule has 34 heavy (non-hydrogen) atoms. The van der Waals surface area contributed by atoms with E-state index in [2.05, 4.69) is 6.58 Å². The van der Waals surface area contributed by atoms with Gasteiger partial charge in [0.05, 0.1) is 35.2 Å². The summed E-state index contributed by atoms with van der Waals surface area (Å²) in [6.07, 6.45) is -1.25. The van der Waals surface area contributed by atoms with Gasteiger partial charge in [0.1, 0.15) is 12.7 Å². The highest BCUT2D eigenvalue weighted by Gasteiger charge is 2.44. The third-order valence-electron chi connectivity index (χ3n) is 5.57. The van der Waals surface area contributed by atoms with Crippen LogP contribution in [0.2, 0.25) is 0 Å². The van der Waals surface area contributed by atoms with E-state index in [0.717, 1.165) is 0 Å². The maximum absolute atomic E-state index is 12.6. The van der Waals surface area contributed by atoms with E-state index in [1.165, 1.54) is 0 Å². The number of aliphatic hydroxyl groups is 1. The number of hydrogen-bond acceptors (Lipinski definition) is 7. The molecule has 1 fully saturated rings. The van der Waals surface area contributed by atoms with Crippen molar-refractivity contribution in [3.8, 4) is 0 Å². The van der Waals surface area contributed by atoms with Crippen LogP contribution in [0.25, 0.3) is 0 Å². The van der Waals surface area contributed by atoms with Crippen molar-refractivity contribution in [1.82, 2.24) is 0 Å². The second kappa shape index (κ2) is 12.6. The minimum absolute atomic E-state index is 0.0318. The molecule has 9 heteroatoms. The summed E-state index contributed by atoms with van der Waals surface area (Å²) in [7, 11) is 0. The topological polar surface area (TPSA) is 119 Å². The highest BCUT2D eigenvalue weighted by atomic mass is 32.2. The van der Waals surface area contributed by atoms with Crippen molar-refractivity contribution in [3.05, 3.63) is 84.4 Å². The van der Waals surface area contributed by atoms with Gasteiger partial charge in [-0.2, -0.15) is 0 Å². The van der Waals surface area contributed by atoms with Gasteiger partial charge >= 0.3 is 11.9 Å². The maximum atomic E-state index is 12.6. The molecule has 182 valence electrons. The van der Waals surface area contributed by atoms with E-state index >= 15 is 0 Å². The standard InChI is InChI=1S/C25H28O8S/c1-2-9-21-20(16-34(29)30)23(26)22(33-21)14-19(32-25(28)18-12-7-4-8-13-18)15-31-24(27)17-10-5-3-6-11-17/h2-8,10-13,19-23,26H,1,9,14-16H2,(H,29,30)/t19-,20-,21-,22+,23+/m0/s1. The van der Waals surface area contributed by atoms with Crippen molar-refractivity contribution in [2.75, 3.05) is 12.4 Å². The molecule has 1 unspecified atom stereocenters. The van der Waals surface area contributed by atoms with Crippen molar-refractivity contribution in [1.29, 1.82) is 0 Å². The molecule has 0 amide bonds. The molecule has 0 bridgehead atoms. The van der Waals surface area contributed by atoms with Crippen molar-refractivity contribution in [2.45, 2.75) is 37.3 Å². The number of carbonyl (C=O) groups excluding carboxylic acids is 2. The molecule has 3 rings (SSSR count). The monoisotopic (exact) mass is 488 g/mol. The molecule has 0 radical (unpaired) electrons. The summed E-state index contributed by atoms with van der Waals surface area (Å²) >= 11 is -2.12. The van der Waals surface area contributed by atoms with Crippen LogP contribution in [0.5, 0.6) is 0 Å². The number of aliphatic hydroxyl groups excluding tert-OH is 1. The molecule has 2 aromatic rings. The lowest BCUT2D eigenvalue weighted by Gasteiger charge is -2.23. The molecule has 1 aliphatic rings. The highest BCUT2D eigenvalue weighted by Crippen LogP contribution is 2.33.